The minimum atomic E-state index is -0.0240. The number of rotatable bonds is 6. The van der Waals surface area contributed by atoms with Gasteiger partial charge in [0.1, 0.15) is 6.54 Å². The molecule has 24 heavy (non-hydrogen) atoms. The van der Waals surface area contributed by atoms with Gasteiger partial charge in [0, 0.05) is 25.2 Å². The smallest absolute Gasteiger partial charge is 0.241 e. The Labute approximate surface area is 142 Å². The molecule has 0 unspecified atom stereocenters. The lowest BCUT2D eigenvalue weighted by atomic mass is 9.97. The Balaban J connectivity index is 1.43. The highest BCUT2D eigenvalue weighted by molar-refractivity contribution is 5.75. The molecule has 0 radical (unpaired) electrons. The van der Waals surface area contributed by atoms with Crippen molar-refractivity contribution in [3.8, 4) is 0 Å². The van der Waals surface area contributed by atoms with E-state index >= 15 is 0 Å². The van der Waals surface area contributed by atoms with E-state index in [0.717, 1.165) is 24.3 Å². The van der Waals surface area contributed by atoms with E-state index in [1.54, 1.807) is 4.68 Å². The lowest BCUT2D eigenvalue weighted by Crippen LogP contribution is -2.29. The van der Waals surface area contributed by atoms with Gasteiger partial charge in [-0.25, -0.2) is 0 Å². The molecular formula is C19H24N4O. The summed E-state index contributed by atoms with van der Waals surface area (Å²) in [4.78, 5) is 12.0. The van der Waals surface area contributed by atoms with Crippen molar-refractivity contribution in [2.24, 2.45) is 0 Å². The minimum absolute atomic E-state index is 0.0240. The molecule has 0 spiro atoms. The molecule has 1 aliphatic rings. The molecule has 126 valence electrons. The first kappa shape index (κ1) is 16.5. The lowest BCUT2D eigenvalue weighted by molar-refractivity contribution is -0.121. The third-order valence-corrected chi connectivity index (χ3v) is 4.21. The molecule has 1 fully saturated rings. The number of nitrogens with one attached hydrogen (secondary N) is 2. The van der Waals surface area contributed by atoms with Gasteiger partial charge in [0.25, 0.3) is 0 Å². The normalized spacial score (nSPS) is 17.9. The number of nitrogens with zero attached hydrogens (tertiary/aromatic N) is 2. The van der Waals surface area contributed by atoms with Crippen LogP contribution < -0.4 is 10.6 Å². The van der Waals surface area contributed by atoms with E-state index in [0.29, 0.717) is 12.5 Å². The van der Waals surface area contributed by atoms with Gasteiger partial charge in [-0.3, -0.25) is 9.48 Å². The molecule has 1 saturated heterocycles. The van der Waals surface area contributed by atoms with Gasteiger partial charge in [-0.15, -0.1) is 0 Å². The topological polar surface area (TPSA) is 59.0 Å². The van der Waals surface area contributed by atoms with Crippen molar-refractivity contribution in [2.75, 3.05) is 19.6 Å². The second-order valence-corrected chi connectivity index (χ2v) is 6.10. The van der Waals surface area contributed by atoms with Crippen LogP contribution in [0.1, 0.15) is 30.0 Å². The fourth-order valence-electron chi connectivity index (χ4n) is 2.92. The quantitative estimate of drug-likeness (QED) is 0.856. The average Bonchev–Trinajstić information content (AvgIpc) is 3.09. The Morgan fingerprint density at radius 3 is 3.00 bits per heavy atom. The molecule has 1 atom stereocenters. The predicted octanol–water partition coefficient (Wildman–Crippen LogP) is 2.18. The molecule has 5 nitrogen and oxygen atoms in total. The second-order valence-electron chi connectivity index (χ2n) is 6.10. The number of carbonyl (C=O) groups excluding carboxylic acids is 1. The summed E-state index contributed by atoms with van der Waals surface area (Å²) in [6.45, 7) is 2.86. The first-order valence-corrected chi connectivity index (χ1v) is 8.53. The van der Waals surface area contributed by atoms with Gasteiger partial charge in [-0.2, -0.15) is 5.10 Å². The van der Waals surface area contributed by atoms with E-state index in [-0.39, 0.29) is 12.5 Å². The Bertz CT molecular complexity index is 672. The summed E-state index contributed by atoms with van der Waals surface area (Å²) >= 11 is 0. The van der Waals surface area contributed by atoms with Crippen LogP contribution in [0.2, 0.25) is 0 Å². The van der Waals surface area contributed by atoms with Crippen LogP contribution in [0.4, 0.5) is 0 Å². The minimum Gasteiger partial charge on any atom is -0.351 e. The number of aromatic nitrogens is 2. The first-order chi connectivity index (χ1) is 11.8. The highest BCUT2D eigenvalue weighted by atomic mass is 16.2. The van der Waals surface area contributed by atoms with E-state index in [4.69, 9.17) is 0 Å². The molecule has 0 aliphatic carbocycles. The second kappa shape index (κ2) is 8.45. The molecule has 1 aliphatic heterocycles. The third kappa shape index (κ3) is 4.80. The van der Waals surface area contributed by atoms with Gasteiger partial charge >= 0.3 is 0 Å². The average molecular weight is 324 g/mol. The molecular weight excluding hydrogens is 300 g/mol. The van der Waals surface area contributed by atoms with Gasteiger partial charge in [0.15, 0.2) is 0 Å². The Hall–Kier alpha value is -2.40. The molecule has 2 heterocycles. The van der Waals surface area contributed by atoms with Crippen LogP contribution in [-0.4, -0.2) is 35.3 Å². The van der Waals surface area contributed by atoms with Crippen LogP contribution in [0.15, 0.2) is 48.7 Å². The van der Waals surface area contributed by atoms with Crippen molar-refractivity contribution in [3.05, 3.63) is 59.9 Å². The van der Waals surface area contributed by atoms with Gasteiger partial charge in [0.2, 0.25) is 5.91 Å². The Kier molecular flexibility index (Phi) is 5.80. The van der Waals surface area contributed by atoms with Crippen LogP contribution in [0, 0.1) is 0 Å². The maximum Gasteiger partial charge on any atom is 0.241 e. The number of carbonyl (C=O) groups is 1. The summed E-state index contributed by atoms with van der Waals surface area (Å²) in [6, 6.07) is 12.1. The maximum absolute atomic E-state index is 12.0. The van der Waals surface area contributed by atoms with Crippen molar-refractivity contribution in [3.63, 3.8) is 0 Å². The van der Waals surface area contributed by atoms with Gasteiger partial charge in [-0.1, -0.05) is 42.5 Å². The van der Waals surface area contributed by atoms with Gasteiger partial charge in [-0.05, 0) is 31.0 Å². The van der Waals surface area contributed by atoms with E-state index in [2.05, 4.69) is 15.7 Å². The predicted molar refractivity (Wildman–Crippen MR) is 95.6 cm³/mol. The summed E-state index contributed by atoms with van der Waals surface area (Å²) in [5.74, 6) is 0.445. The van der Waals surface area contributed by atoms with Gasteiger partial charge in [0.05, 0.1) is 5.69 Å². The van der Waals surface area contributed by atoms with Crippen molar-refractivity contribution < 1.29 is 4.79 Å². The lowest BCUT2D eigenvalue weighted by Gasteiger charge is -2.20. The largest absolute Gasteiger partial charge is 0.351 e. The van der Waals surface area contributed by atoms with Crippen molar-refractivity contribution in [1.82, 2.24) is 20.4 Å². The molecule has 1 aromatic carbocycles. The van der Waals surface area contributed by atoms with E-state index in [9.17, 15) is 4.79 Å². The monoisotopic (exact) mass is 324 g/mol. The molecule has 1 amide bonds. The zero-order valence-corrected chi connectivity index (χ0v) is 13.8. The van der Waals surface area contributed by atoms with Crippen molar-refractivity contribution >= 4 is 12.0 Å². The fraction of sp³-hybridized carbons (Fsp3) is 0.368. The van der Waals surface area contributed by atoms with Crippen LogP contribution in [-0.2, 0) is 11.3 Å². The van der Waals surface area contributed by atoms with Crippen LogP contribution in [0.5, 0.6) is 0 Å². The van der Waals surface area contributed by atoms with E-state index in [1.807, 2.05) is 54.7 Å². The molecule has 0 saturated carbocycles. The van der Waals surface area contributed by atoms with Crippen LogP contribution >= 0.6 is 0 Å². The third-order valence-electron chi connectivity index (χ3n) is 4.21. The Morgan fingerprint density at radius 2 is 2.21 bits per heavy atom. The van der Waals surface area contributed by atoms with Crippen LogP contribution in [0.25, 0.3) is 6.08 Å². The SMILES string of the molecule is O=C(Cn1ccc([C@H]2CCCNC2)n1)NC/C=C/c1ccccc1. The summed E-state index contributed by atoms with van der Waals surface area (Å²) in [5.41, 5.74) is 2.21. The zero-order chi connectivity index (χ0) is 16.6. The number of amides is 1. The van der Waals surface area contributed by atoms with Crippen LogP contribution in [0.3, 0.4) is 0 Å². The number of benzene rings is 1. The standard InChI is InChI=1S/C19H24N4O/c24-19(21-12-4-8-16-6-2-1-3-7-16)15-23-13-10-18(22-23)17-9-5-11-20-14-17/h1-4,6-8,10,13,17,20H,5,9,11-12,14-15H2,(H,21,24)/b8-4+/t17-/m0/s1. The number of piperidine rings is 1. The molecule has 2 N–H and O–H groups in total. The first-order valence-electron chi connectivity index (χ1n) is 8.53. The molecule has 3 rings (SSSR count). The summed E-state index contributed by atoms with van der Waals surface area (Å²) in [5, 5.41) is 10.8. The van der Waals surface area contributed by atoms with E-state index in [1.165, 1.54) is 12.8 Å². The highest BCUT2D eigenvalue weighted by Gasteiger charge is 2.17. The molecule has 1 aromatic heterocycles. The van der Waals surface area contributed by atoms with Crippen molar-refractivity contribution in [1.29, 1.82) is 0 Å². The summed E-state index contributed by atoms with van der Waals surface area (Å²) < 4.78 is 1.72. The number of hydrogen-bond donors (Lipinski definition) is 2. The fourth-order valence-corrected chi connectivity index (χ4v) is 2.92. The molecule has 5 heteroatoms. The highest BCUT2D eigenvalue weighted by Crippen LogP contribution is 2.21. The molecule has 0 bridgehead atoms. The maximum atomic E-state index is 12.0. The van der Waals surface area contributed by atoms with Gasteiger partial charge < -0.3 is 10.6 Å². The zero-order valence-electron chi connectivity index (χ0n) is 13.8. The summed E-state index contributed by atoms with van der Waals surface area (Å²) in [6.07, 6.45) is 8.20. The Morgan fingerprint density at radius 1 is 1.33 bits per heavy atom. The molecule has 2 aromatic rings. The summed E-state index contributed by atoms with van der Waals surface area (Å²) in [7, 11) is 0. The number of hydrogen-bond acceptors (Lipinski definition) is 3. The van der Waals surface area contributed by atoms with E-state index < -0.39 is 0 Å². The van der Waals surface area contributed by atoms with Crippen molar-refractivity contribution in [2.45, 2.75) is 25.3 Å².